The predicted octanol–water partition coefficient (Wildman–Crippen LogP) is 0.876. The average molecular weight is 677 g/mol. The van der Waals surface area contributed by atoms with Crippen LogP contribution in [0.1, 0.15) is 23.7 Å². The minimum Gasteiger partial charge on any atom is -0.387 e. The lowest BCUT2D eigenvalue weighted by Gasteiger charge is -2.26. The second kappa shape index (κ2) is 12.0. The summed E-state index contributed by atoms with van der Waals surface area (Å²) in [6.45, 7) is -7.16. The number of H-pyrrole nitrogens is 1. The van der Waals surface area contributed by atoms with Gasteiger partial charge in [-0.25, -0.2) is 29.5 Å². The van der Waals surface area contributed by atoms with Crippen LogP contribution in [0.2, 0.25) is 0 Å². The molecule has 0 spiro atoms. The topological polar surface area (TPSA) is 220 Å². The van der Waals surface area contributed by atoms with E-state index in [-0.39, 0.29) is 43.4 Å². The monoisotopic (exact) mass is 676 g/mol. The van der Waals surface area contributed by atoms with Gasteiger partial charge in [0.15, 0.2) is 28.9 Å². The molecule has 0 aromatic carbocycles. The molecule has 4 aromatic rings. The van der Waals surface area contributed by atoms with Gasteiger partial charge in [0.25, 0.3) is 5.56 Å². The number of aliphatic hydroxyl groups is 1. The normalized spacial score (nSPS) is 30.7. The molecule has 3 N–H and O–H groups in total. The lowest BCUT2D eigenvalue weighted by Crippen LogP contribution is -2.35. The summed E-state index contributed by atoms with van der Waals surface area (Å²) in [5.41, 5.74) is 0.457. The Morgan fingerprint density at radius 1 is 1.23 bits per heavy atom. The SMILES string of the molecule is COCc1ncc2nc3n(c2n1)CCOP(=O)(S)OC[C@H]1O[C@@H](n2cnc4c(=O)[nH]c(C)nc42)[C@H](OP(O)(=S)OC3)[C@@H]1O. The molecule has 2 bridgehead atoms. The Balaban J connectivity index is 1.37. The van der Waals surface area contributed by atoms with Crippen LogP contribution < -0.4 is 5.56 Å². The van der Waals surface area contributed by atoms with Gasteiger partial charge in [0, 0.05) is 13.7 Å². The summed E-state index contributed by atoms with van der Waals surface area (Å²) in [6.07, 6.45) is -2.45. The van der Waals surface area contributed by atoms with Crippen molar-refractivity contribution in [3.8, 4) is 0 Å². The van der Waals surface area contributed by atoms with E-state index in [9.17, 15) is 19.4 Å². The molecular formula is C21H26N8O10P2S2. The summed E-state index contributed by atoms with van der Waals surface area (Å²) in [5.74, 6) is 0.968. The largest absolute Gasteiger partial charge is 0.387 e. The number of nitrogens with one attached hydrogen (secondary N) is 1. The Hall–Kier alpha value is -2.19. The zero-order valence-electron chi connectivity index (χ0n) is 22.5. The number of ether oxygens (including phenoxy) is 2. The molecule has 0 amide bonds. The van der Waals surface area contributed by atoms with Crippen molar-refractivity contribution in [3.63, 3.8) is 0 Å². The second-order valence-electron chi connectivity index (χ2n) is 9.55. The van der Waals surface area contributed by atoms with E-state index >= 15 is 0 Å². The number of thiol groups is 1. The molecule has 2 aliphatic heterocycles. The van der Waals surface area contributed by atoms with Crippen LogP contribution in [0.3, 0.4) is 0 Å². The van der Waals surface area contributed by atoms with E-state index in [1.807, 2.05) is 0 Å². The first kappa shape index (κ1) is 30.8. The van der Waals surface area contributed by atoms with Crippen molar-refractivity contribution in [2.24, 2.45) is 0 Å². The summed E-state index contributed by atoms with van der Waals surface area (Å²) in [4.78, 5) is 47.7. The highest BCUT2D eigenvalue weighted by molar-refractivity contribution is 8.44. The third kappa shape index (κ3) is 6.33. The third-order valence-electron chi connectivity index (χ3n) is 6.61. The number of aliphatic hydroxyl groups excluding tert-OH is 1. The molecule has 6 atom stereocenters. The van der Waals surface area contributed by atoms with Gasteiger partial charge < -0.3 is 33.5 Å². The van der Waals surface area contributed by atoms with Crippen LogP contribution in [0.25, 0.3) is 22.3 Å². The molecule has 4 aromatic heterocycles. The summed E-state index contributed by atoms with van der Waals surface area (Å²) in [7, 11) is 1.51. The van der Waals surface area contributed by atoms with Gasteiger partial charge in [-0.1, -0.05) is 12.2 Å². The van der Waals surface area contributed by atoms with Gasteiger partial charge in [0.2, 0.25) is 0 Å². The highest BCUT2D eigenvalue weighted by Crippen LogP contribution is 2.54. The Labute approximate surface area is 252 Å². The Morgan fingerprint density at radius 2 is 2.05 bits per heavy atom. The van der Waals surface area contributed by atoms with Crippen molar-refractivity contribution in [2.75, 3.05) is 20.3 Å². The maximum atomic E-state index is 13.0. The Morgan fingerprint density at radius 3 is 2.84 bits per heavy atom. The molecule has 0 radical (unpaired) electrons. The van der Waals surface area contributed by atoms with E-state index in [1.165, 1.54) is 24.2 Å². The summed E-state index contributed by atoms with van der Waals surface area (Å²) in [6, 6.07) is 0. The number of hydrogen-bond acceptors (Lipinski definition) is 15. The van der Waals surface area contributed by atoms with E-state index in [4.69, 9.17) is 39.4 Å². The number of nitrogens with zero attached hydrogens (tertiary/aromatic N) is 7. The molecule has 6 rings (SSSR count). The number of imidazole rings is 2. The van der Waals surface area contributed by atoms with Crippen LogP contribution >= 0.6 is 25.8 Å². The Bertz CT molecular complexity index is 1830. The molecule has 18 nitrogen and oxygen atoms in total. The fraction of sp³-hybridized carbons (Fsp3) is 0.524. The van der Waals surface area contributed by atoms with E-state index in [0.717, 1.165) is 0 Å². The summed E-state index contributed by atoms with van der Waals surface area (Å²) in [5, 5.41) is 11.2. The third-order valence-corrected chi connectivity index (χ3v) is 9.83. The quantitative estimate of drug-likeness (QED) is 0.175. The summed E-state index contributed by atoms with van der Waals surface area (Å²) >= 11 is 9.38. The highest BCUT2D eigenvalue weighted by atomic mass is 32.7. The van der Waals surface area contributed by atoms with E-state index in [1.54, 1.807) is 11.5 Å². The van der Waals surface area contributed by atoms with Crippen LogP contribution in [0.4, 0.5) is 0 Å². The first-order valence-electron chi connectivity index (χ1n) is 12.7. The van der Waals surface area contributed by atoms with Crippen molar-refractivity contribution in [3.05, 3.63) is 40.4 Å². The number of rotatable bonds is 3. The van der Waals surface area contributed by atoms with Gasteiger partial charge in [-0.3, -0.25) is 22.9 Å². The van der Waals surface area contributed by atoms with Gasteiger partial charge in [-0.2, -0.15) is 0 Å². The van der Waals surface area contributed by atoms with E-state index < -0.39 is 50.2 Å². The molecule has 1 fully saturated rings. The fourth-order valence-corrected chi connectivity index (χ4v) is 7.24. The highest BCUT2D eigenvalue weighted by Gasteiger charge is 2.49. The minimum atomic E-state index is -4.10. The van der Waals surface area contributed by atoms with Gasteiger partial charge >= 0.3 is 13.5 Å². The van der Waals surface area contributed by atoms with E-state index in [0.29, 0.717) is 22.8 Å². The lowest BCUT2D eigenvalue weighted by molar-refractivity contribution is -0.0473. The number of aryl methyl sites for hydroxylation is 1. The van der Waals surface area contributed by atoms with Crippen LogP contribution in [-0.4, -0.2) is 87.7 Å². The second-order valence-corrected chi connectivity index (χ2v) is 15.3. The van der Waals surface area contributed by atoms with Gasteiger partial charge in [-0.15, -0.1) is 0 Å². The van der Waals surface area contributed by atoms with Crippen LogP contribution in [0.15, 0.2) is 17.3 Å². The van der Waals surface area contributed by atoms with Gasteiger partial charge in [0.1, 0.15) is 48.7 Å². The fourth-order valence-electron chi connectivity index (χ4n) is 4.74. The van der Waals surface area contributed by atoms with Crippen molar-refractivity contribution in [1.82, 2.24) is 39.0 Å². The molecule has 6 heterocycles. The maximum absolute atomic E-state index is 13.0. The standard InChI is InChI=1S/C21H26N8O10P2S2/c1-10-24-19-15(20(31)25-10)23-9-29(19)21-17-16(30)12(38-21)6-36-40(32,42)35-4-3-28-14(8-37-41(33,43)39-17)26-11-5-22-13(7-34-2)27-18(11)28/h5,9,12,16-17,21,30H,3-4,6-8H2,1-2H3,(H,32,42)(H,33,43)(H,24,25,31)/t12-,16-,17-,21-,40?,41?/m1/s1. The number of fused-ring (bicyclic) bond motifs is 6. The van der Waals surface area contributed by atoms with Crippen molar-refractivity contribution in [1.29, 1.82) is 0 Å². The Kier molecular flexibility index (Phi) is 8.57. The number of aromatic amines is 1. The number of hydrogen-bond donors (Lipinski definition) is 4. The minimum absolute atomic E-state index is 0.00730. The zero-order chi connectivity index (χ0) is 30.5. The predicted molar refractivity (Wildman–Crippen MR) is 154 cm³/mol. The van der Waals surface area contributed by atoms with Crippen molar-refractivity contribution >= 4 is 59.9 Å². The molecule has 232 valence electrons. The number of aromatic nitrogens is 8. The molecule has 22 heteroatoms. The molecule has 0 saturated carbocycles. The van der Waals surface area contributed by atoms with Crippen LogP contribution in [-0.2, 0) is 63.7 Å². The van der Waals surface area contributed by atoms with Crippen molar-refractivity contribution in [2.45, 2.75) is 51.2 Å². The molecule has 0 aliphatic carbocycles. The molecule has 2 unspecified atom stereocenters. The number of methoxy groups -OCH3 is 1. The zero-order valence-corrected chi connectivity index (χ0v) is 26.0. The average Bonchev–Trinajstić information content (AvgIpc) is 3.60. The molecule has 1 saturated heterocycles. The van der Waals surface area contributed by atoms with Gasteiger partial charge in [-0.05, 0) is 18.7 Å². The molecule has 43 heavy (non-hydrogen) atoms. The first-order chi connectivity index (χ1) is 20.4. The smallest absolute Gasteiger partial charge is 0.386 e. The van der Waals surface area contributed by atoms with Gasteiger partial charge in [0.05, 0.1) is 25.7 Å². The molecular weight excluding hydrogens is 650 g/mol. The maximum Gasteiger partial charge on any atom is 0.386 e. The summed E-state index contributed by atoms with van der Waals surface area (Å²) < 4.78 is 49.5. The van der Waals surface area contributed by atoms with Crippen LogP contribution in [0.5, 0.6) is 0 Å². The van der Waals surface area contributed by atoms with Crippen molar-refractivity contribution < 1.29 is 42.1 Å². The lowest BCUT2D eigenvalue weighted by atomic mass is 10.1. The van der Waals surface area contributed by atoms with E-state index in [2.05, 4.69) is 42.2 Å². The first-order valence-corrected chi connectivity index (χ1v) is 18.0. The van der Waals surface area contributed by atoms with Crippen LogP contribution in [0, 0.1) is 6.92 Å². The molecule has 2 aliphatic rings.